The first kappa shape index (κ1) is 14.9. The highest BCUT2D eigenvalue weighted by Gasteiger charge is 2.49. The van der Waals surface area contributed by atoms with Gasteiger partial charge in [0.15, 0.2) is 0 Å². The molecule has 4 heteroatoms. The molecule has 1 aliphatic rings. The number of esters is 1. The fraction of sp³-hybridized carbons (Fsp3) is 0.562. The first-order valence-corrected chi connectivity index (χ1v) is 7.15. The Balaban J connectivity index is 2.41. The summed E-state index contributed by atoms with van der Waals surface area (Å²) in [6, 6.07) is 7.34. The van der Waals surface area contributed by atoms with Crippen molar-refractivity contribution in [3.05, 3.63) is 29.8 Å². The van der Waals surface area contributed by atoms with Gasteiger partial charge in [-0.05, 0) is 37.5 Å². The maximum Gasteiger partial charge on any atom is 0.319 e. The van der Waals surface area contributed by atoms with Crippen LogP contribution in [-0.2, 0) is 14.9 Å². The number of hydrogen-bond donors (Lipinski definition) is 1. The van der Waals surface area contributed by atoms with E-state index in [9.17, 15) is 9.90 Å². The molecule has 0 radical (unpaired) electrons. The molecule has 0 bridgehead atoms. The summed E-state index contributed by atoms with van der Waals surface area (Å²) in [5.41, 5.74) is -0.121. The van der Waals surface area contributed by atoms with E-state index < -0.39 is 11.5 Å². The molecule has 20 heavy (non-hydrogen) atoms. The maximum absolute atomic E-state index is 12.5. The number of ether oxygens (including phenoxy) is 2. The summed E-state index contributed by atoms with van der Waals surface area (Å²) in [5, 5.41) is 10.5. The first-order chi connectivity index (χ1) is 9.65. The largest absolute Gasteiger partial charge is 0.497 e. The van der Waals surface area contributed by atoms with Crippen LogP contribution in [0.3, 0.4) is 0 Å². The van der Waals surface area contributed by atoms with Crippen LogP contribution in [0.15, 0.2) is 24.3 Å². The number of benzene rings is 1. The molecule has 0 aromatic heterocycles. The summed E-state index contributed by atoms with van der Waals surface area (Å²) >= 11 is 0. The zero-order chi connectivity index (χ0) is 14.6. The minimum atomic E-state index is -0.930. The van der Waals surface area contributed by atoms with Crippen molar-refractivity contribution < 1.29 is 19.4 Å². The van der Waals surface area contributed by atoms with Gasteiger partial charge in [0.1, 0.15) is 11.2 Å². The molecule has 1 aliphatic carbocycles. The number of aliphatic hydroxyl groups excluding tert-OH is 1. The lowest BCUT2D eigenvalue weighted by molar-refractivity contribution is -0.157. The van der Waals surface area contributed by atoms with E-state index in [1.807, 2.05) is 24.3 Å². The number of methoxy groups -OCH3 is 1. The summed E-state index contributed by atoms with van der Waals surface area (Å²) in [5.74, 6) is 0.412. The van der Waals surface area contributed by atoms with Crippen molar-refractivity contribution in [2.24, 2.45) is 0 Å². The van der Waals surface area contributed by atoms with E-state index in [1.165, 1.54) is 0 Å². The third-order valence-electron chi connectivity index (χ3n) is 4.11. The van der Waals surface area contributed by atoms with Gasteiger partial charge in [0.2, 0.25) is 0 Å². The highest BCUT2D eigenvalue weighted by molar-refractivity contribution is 5.84. The van der Waals surface area contributed by atoms with E-state index in [-0.39, 0.29) is 5.97 Å². The normalized spacial score (nSPS) is 26.1. The molecule has 0 aliphatic heterocycles. The van der Waals surface area contributed by atoms with Gasteiger partial charge in [0, 0.05) is 0 Å². The molecule has 110 valence electrons. The van der Waals surface area contributed by atoms with Gasteiger partial charge in [-0.2, -0.15) is 0 Å². The van der Waals surface area contributed by atoms with Crippen LogP contribution < -0.4 is 4.74 Å². The molecule has 0 saturated heterocycles. The van der Waals surface area contributed by atoms with Crippen molar-refractivity contribution in [3.63, 3.8) is 0 Å². The fourth-order valence-electron chi connectivity index (χ4n) is 3.00. The van der Waals surface area contributed by atoms with Gasteiger partial charge < -0.3 is 14.6 Å². The van der Waals surface area contributed by atoms with Crippen LogP contribution in [-0.4, -0.2) is 30.9 Å². The van der Waals surface area contributed by atoms with Crippen LogP contribution in [0, 0.1) is 0 Å². The lowest BCUT2D eigenvalue weighted by Crippen LogP contribution is -2.49. The summed E-state index contributed by atoms with van der Waals surface area (Å²) in [6.07, 6.45) is 2.42. The number of carbonyl (C=O) groups excluding carboxylic acids is 1. The predicted octanol–water partition coefficient (Wildman–Crippen LogP) is 2.43. The van der Waals surface area contributed by atoms with E-state index in [0.29, 0.717) is 19.4 Å². The SMILES string of the molecule is CCOC(=O)[C@]1(c2ccc(OC)cc2)CCCC[C@H]1O. The van der Waals surface area contributed by atoms with Crippen LogP contribution in [0.25, 0.3) is 0 Å². The van der Waals surface area contributed by atoms with Gasteiger partial charge in [-0.1, -0.05) is 25.0 Å². The van der Waals surface area contributed by atoms with Gasteiger partial charge in [0.25, 0.3) is 0 Å². The number of aliphatic hydroxyl groups is 1. The lowest BCUT2D eigenvalue weighted by atomic mass is 9.67. The third-order valence-corrected chi connectivity index (χ3v) is 4.11. The van der Waals surface area contributed by atoms with Crippen molar-refractivity contribution in [1.29, 1.82) is 0 Å². The summed E-state index contributed by atoms with van der Waals surface area (Å²) in [7, 11) is 1.60. The minimum Gasteiger partial charge on any atom is -0.497 e. The molecular weight excluding hydrogens is 256 g/mol. The van der Waals surface area contributed by atoms with Crippen molar-refractivity contribution in [3.8, 4) is 5.75 Å². The zero-order valence-electron chi connectivity index (χ0n) is 12.1. The van der Waals surface area contributed by atoms with E-state index in [1.54, 1.807) is 14.0 Å². The summed E-state index contributed by atoms with van der Waals surface area (Å²) < 4.78 is 10.4. The second-order valence-corrected chi connectivity index (χ2v) is 5.18. The second kappa shape index (κ2) is 6.27. The first-order valence-electron chi connectivity index (χ1n) is 7.15. The zero-order valence-corrected chi connectivity index (χ0v) is 12.1. The Morgan fingerprint density at radius 1 is 1.35 bits per heavy atom. The molecule has 4 nitrogen and oxygen atoms in total. The number of hydrogen-bond acceptors (Lipinski definition) is 4. The molecule has 0 heterocycles. The number of carbonyl (C=O) groups is 1. The van der Waals surface area contributed by atoms with Crippen molar-refractivity contribution in [2.75, 3.05) is 13.7 Å². The molecule has 2 rings (SSSR count). The van der Waals surface area contributed by atoms with E-state index in [0.717, 1.165) is 24.2 Å². The van der Waals surface area contributed by atoms with E-state index >= 15 is 0 Å². The average Bonchev–Trinajstić information content (AvgIpc) is 2.48. The van der Waals surface area contributed by atoms with Crippen molar-refractivity contribution in [2.45, 2.75) is 44.1 Å². The highest BCUT2D eigenvalue weighted by atomic mass is 16.5. The molecule has 1 saturated carbocycles. The molecule has 1 fully saturated rings. The molecular formula is C16H22O4. The van der Waals surface area contributed by atoms with Gasteiger partial charge in [0.05, 0.1) is 19.8 Å². The van der Waals surface area contributed by atoms with Crippen molar-refractivity contribution in [1.82, 2.24) is 0 Å². The van der Waals surface area contributed by atoms with Gasteiger partial charge in [-0.15, -0.1) is 0 Å². The Morgan fingerprint density at radius 2 is 2.05 bits per heavy atom. The Labute approximate surface area is 119 Å². The van der Waals surface area contributed by atoms with Crippen LogP contribution in [0.5, 0.6) is 5.75 Å². The van der Waals surface area contributed by atoms with Crippen molar-refractivity contribution >= 4 is 5.97 Å². The van der Waals surface area contributed by atoms with Gasteiger partial charge in [-0.25, -0.2) is 0 Å². The Hall–Kier alpha value is -1.55. The quantitative estimate of drug-likeness (QED) is 0.859. The van der Waals surface area contributed by atoms with Crippen LogP contribution in [0.4, 0.5) is 0 Å². The molecule has 0 unspecified atom stereocenters. The minimum absolute atomic E-state index is 0.322. The molecule has 1 aromatic carbocycles. The Morgan fingerprint density at radius 3 is 2.60 bits per heavy atom. The Bertz CT molecular complexity index is 454. The van der Waals surface area contributed by atoms with E-state index in [4.69, 9.17) is 9.47 Å². The number of rotatable bonds is 4. The van der Waals surface area contributed by atoms with Crippen LogP contribution in [0.2, 0.25) is 0 Å². The Kier molecular flexibility index (Phi) is 4.65. The second-order valence-electron chi connectivity index (χ2n) is 5.18. The molecule has 0 amide bonds. The highest BCUT2D eigenvalue weighted by Crippen LogP contribution is 2.41. The average molecular weight is 278 g/mol. The monoisotopic (exact) mass is 278 g/mol. The summed E-state index contributed by atoms with van der Waals surface area (Å²) in [6.45, 7) is 2.11. The smallest absolute Gasteiger partial charge is 0.319 e. The predicted molar refractivity (Wildman–Crippen MR) is 75.8 cm³/mol. The molecule has 1 N–H and O–H groups in total. The fourth-order valence-corrected chi connectivity index (χ4v) is 3.00. The standard InChI is InChI=1S/C16H22O4/c1-3-20-15(18)16(11-5-4-6-14(16)17)12-7-9-13(19-2)10-8-12/h7-10,14,17H,3-6,11H2,1-2H3/t14-,16+/m1/s1. The van der Waals surface area contributed by atoms with Crippen LogP contribution in [0.1, 0.15) is 38.2 Å². The van der Waals surface area contributed by atoms with Gasteiger partial charge in [-0.3, -0.25) is 4.79 Å². The molecule has 2 atom stereocenters. The molecule has 0 spiro atoms. The third kappa shape index (κ3) is 2.52. The summed E-state index contributed by atoms with van der Waals surface area (Å²) in [4.78, 5) is 12.5. The lowest BCUT2D eigenvalue weighted by Gasteiger charge is -2.39. The molecule has 1 aromatic rings. The topological polar surface area (TPSA) is 55.8 Å². The van der Waals surface area contributed by atoms with E-state index in [2.05, 4.69) is 0 Å². The van der Waals surface area contributed by atoms with Crippen LogP contribution >= 0.6 is 0 Å². The van der Waals surface area contributed by atoms with Gasteiger partial charge >= 0.3 is 5.97 Å². The maximum atomic E-state index is 12.5.